The van der Waals surface area contributed by atoms with Gasteiger partial charge in [-0.3, -0.25) is 4.79 Å². The van der Waals surface area contributed by atoms with Gasteiger partial charge in [0.15, 0.2) is 5.82 Å². The van der Waals surface area contributed by atoms with Crippen LogP contribution in [0.4, 0.5) is 0 Å². The number of carbonyl (C=O) groups is 1. The molecule has 7 heteroatoms. The van der Waals surface area contributed by atoms with E-state index in [2.05, 4.69) is 15.3 Å². The van der Waals surface area contributed by atoms with Crippen molar-refractivity contribution >= 4 is 22.3 Å². The SMILES string of the molecule is Cc1nnc2sc(CC3(CC(=O)O)CCCC3)nn12. The van der Waals surface area contributed by atoms with Crippen molar-refractivity contribution < 1.29 is 9.90 Å². The van der Waals surface area contributed by atoms with Crippen molar-refractivity contribution in [2.24, 2.45) is 5.41 Å². The van der Waals surface area contributed by atoms with Crippen LogP contribution in [0.3, 0.4) is 0 Å². The Labute approximate surface area is 114 Å². The molecule has 0 spiro atoms. The lowest BCUT2D eigenvalue weighted by atomic mass is 9.80. The van der Waals surface area contributed by atoms with Crippen molar-refractivity contribution in [2.45, 2.75) is 45.4 Å². The third kappa shape index (κ3) is 2.34. The number of rotatable bonds is 4. The zero-order chi connectivity index (χ0) is 13.5. The first-order chi connectivity index (χ1) is 9.08. The van der Waals surface area contributed by atoms with Crippen LogP contribution < -0.4 is 0 Å². The summed E-state index contributed by atoms with van der Waals surface area (Å²) in [7, 11) is 0. The van der Waals surface area contributed by atoms with Gasteiger partial charge in [-0.1, -0.05) is 24.2 Å². The number of aromatic nitrogens is 4. The van der Waals surface area contributed by atoms with Crippen LogP contribution in [0, 0.1) is 12.3 Å². The Morgan fingerprint density at radius 1 is 1.42 bits per heavy atom. The lowest BCUT2D eigenvalue weighted by molar-refractivity contribution is -0.139. The van der Waals surface area contributed by atoms with Crippen molar-refractivity contribution in [3.63, 3.8) is 0 Å². The number of carboxylic acids is 1. The average Bonchev–Trinajstić information content (AvgIpc) is 2.99. The molecule has 19 heavy (non-hydrogen) atoms. The van der Waals surface area contributed by atoms with Gasteiger partial charge in [-0.15, -0.1) is 10.2 Å². The lowest BCUT2D eigenvalue weighted by Crippen LogP contribution is -2.23. The molecule has 1 aliphatic carbocycles. The fourth-order valence-corrected chi connectivity index (χ4v) is 4.06. The number of hydrogen-bond acceptors (Lipinski definition) is 5. The van der Waals surface area contributed by atoms with E-state index in [1.807, 2.05) is 6.92 Å². The molecule has 2 heterocycles. The predicted octanol–water partition coefficient (Wildman–Crippen LogP) is 2.07. The molecule has 0 amide bonds. The molecule has 102 valence electrons. The normalized spacial score (nSPS) is 18.2. The molecule has 6 nitrogen and oxygen atoms in total. The van der Waals surface area contributed by atoms with Gasteiger partial charge in [0.1, 0.15) is 5.01 Å². The van der Waals surface area contributed by atoms with E-state index in [1.54, 1.807) is 4.52 Å². The molecule has 1 fully saturated rings. The molecule has 3 rings (SSSR count). The molecule has 1 N–H and O–H groups in total. The van der Waals surface area contributed by atoms with E-state index in [4.69, 9.17) is 5.11 Å². The summed E-state index contributed by atoms with van der Waals surface area (Å²) < 4.78 is 1.74. The van der Waals surface area contributed by atoms with E-state index in [9.17, 15) is 4.79 Å². The molecule has 0 aromatic carbocycles. The van der Waals surface area contributed by atoms with Gasteiger partial charge < -0.3 is 5.11 Å². The number of hydrogen-bond donors (Lipinski definition) is 1. The molecular formula is C12H16N4O2S. The zero-order valence-electron chi connectivity index (χ0n) is 10.8. The quantitative estimate of drug-likeness (QED) is 0.927. The van der Waals surface area contributed by atoms with Gasteiger partial charge in [0.2, 0.25) is 4.96 Å². The molecule has 0 atom stereocenters. The van der Waals surface area contributed by atoms with Crippen molar-refractivity contribution in [2.75, 3.05) is 0 Å². The van der Waals surface area contributed by atoms with Crippen LogP contribution in [0.25, 0.3) is 4.96 Å². The van der Waals surface area contributed by atoms with E-state index in [1.165, 1.54) is 11.3 Å². The molecule has 2 aromatic heterocycles. The number of nitrogens with zero attached hydrogens (tertiary/aromatic N) is 4. The average molecular weight is 280 g/mol. The minimum Gasteiger partial charge on any atom is -0.481 e. The maximum absolute atomic E-state index is 11.1. The zero-order valence-corrected chi connectivity index (χ0v) is 11.6. The molecule has 2 aromatic rings. The van der Waals surface area contributed by atoms with E-state index >= 15 is 0 Å². The molecule has 0 saturated heterocycles. The van der Waals surface area contributed by atoms with Crippen LogP contribution in [0.2, 0.25) is 0 Å². The van der Waals surface area contributed by atoms with Crippen molar-refractivity contribution in [3.05, 3.63) is 10.8 Å². The highest BCUT2D eigenvalue weighted by molar-refractivity contribution is 7.16. The summed E-state index contributed by atoms with van der Waals surface area (Å²) in [4.78, 5) is 11.9. The first-order valence-corrected chi connectivity index (χ1v) is 7.29. The summed E-state index contributed by atoms with van der Waals surface area (Å²) in [5.74, 6) is 0.0669. The molecular weight excluding hydrogens is 264 g/mol. The Morgan fingerprint density at radius 3 is 2.79 bits per heavy atom. The summed E-state index contributed by atoms with van der Waals surface area (Å²) >= 11 is 1.52. The fourth-order valence-electron chi connectivity index (χ4n) is 3.01. The van der Waals surface area contributed by atoms with Gasteiger partial charge in [0.05, 0.1) is 6.42 Å². The molecule has 0 aliphatic heterocycles. The maximum atomic E-state index is 11.1. The van der Waals surface area contributed by atoms with Crippen LogP contribution in [0.5, 0.6) is 0 Å². The fraction of sp³-hybridized carbons (Fsp3) is 0.667. The van der Waals surface area contributed by atoms with E-state index in [0.29, 0.717) is 0 Å². The number of aryl methyl sites for hydroxylation is 1. The Hall–Kier alpha value is -1.50. The minimum atomic E-state index is -0.707. The Morgan fingerprint density at radius 2 is 2.16 bits per heavy atom. The topological polar surface area (TPSA) is 80.4 Å². The van der Waals surface area contributed by atoms with E-state index in [-0.39, 0.29) is 11.8 Å². The van der Waals surface area contributed by atoms with Gasteiger partial charge in [-0.05, 0) is 25.2 Å². The summed E-state index contributed by atoms with van der Waals surface area (Å²) in [6, 6.07) is 0. The van der Waals surface area contributed by atoms with Gasteiger partial charge >= 0.3 is 5.97 Å². The minimum absolute atomic E-state index is 0.108. The molecule has 1 saturated carbocycles. The van der Waals surface area contributed by atoms with Crippen LogP contribution in [-0.2, 0) is 11.2 Å². The second-order valence-electron chi connectivity index (χ2n) is 5.39. The third-order valence-electron chi connectivity index (χ3n) is 3.91. The highest BCUT2D eigenvalue weighted by Crippen LogP contribution is 2.44. The van der Waals surface area contributed by atoms with Crippen LogP contribution in [-0.4, -0.2) is 30.9 Å². The summed E-state index contributed by atoms with van der Waals surface area (Å²) in [6.07, 6.45) is 5.20. The van der Waals surface area contributed by atoms with Crippen LogP contribution in [0.15, 0.2) is 0 Å². The van der Waals surface area contributed by atoms with Crippen molar-refractivity contribution in [1.29, 1.82) is 0 Å². The Kier molecular flexibility index (Phi) is 3.00. The third-order valence-corrected chi connectivity index (χ3v) is 4.80. The van der Waals surface area contributed by atoms with Crippen LogP contribution in [0.1, 0.15) is 42.9 Å². The Bertz CT molecular complexity index is 612. The lowest BCUT2D eigenvalue weighted by Gasteiger charge is -2.25. The standard InChI is InChI=1S/C12H16N4O2S/c1-8-13-14-11-16(8)15-9(19-11)6-12(7-10(17)18)4-2-3-5-12/h2-7H2,1H3,(H,17,18). The number of carboxylic acid groups (broad SMARTS) is 1. The number of fused-ring (bicyclic) bond motifs is 1. The number of aliphatic carboxylic acids is 1. The van der Waals surface area contributed by atoms with Gasteiger partial charge in [0, 0.05) is 6.42 Å². The molecule has 1 aliphatic rings. The van der Waals surface area contributed by atoms with E-state index in [0.717, 1.165) is 47.9 Å². The van der Waals surface area contributed by atoms with E-state index < -0.39 is 5.97 Å². The first kappa shape index (κ1) is 12.5. The summed E-state index contributed by atoms with van der Waals surface area (Å²) in [5.41, 5.74) is -0.108. The highest BCUT2D eigenvalue weighted by Gasteiger charge is 2.37. The van der Waals surface area contributed by atoms with Gasteiger partial charge in [-0.2, -0.15) is 9.61 Å². The first-order valence-electron chi connectivity index (χ1n) is 6.48. The monoisotopic (exact) mass is 280 g/mol. The summed E-state index contributed by atoms with van der Waals surface area (Å²) in [5, 5.41) is 22.6. The highest BCUT2D eigenvalue weighted by atomic mass is 32.1. The second kappa shape index (κ2) is 4.56. The smallest absolute Gasteiger partial charge is 0.303 e. The van der Waals surface area contributed by atoms with Crippen molar-refractivity contribution in [3.8, 4) is 0 Å². The second-order valence-corrected chi connectivity index (χ2v) is 6.43. The summed E-state index contributed by atoms with van der Waals surface area (Å²) in [6.45, 7) is 1.87. The van der Waals surface area contributed by atoms with Gasteiger partial charge in [0.25, 0.3) is 0 Å². The molecule has 0 bridgehead atoms. The largest absolute Gasteiger partial charge is 0.481 e. The van der Waals surface area contributed by atoms with Gasteiger partial charge in [-0.25, -0.2) is 0 Å². The molecule has 0 radical (unpaired) electrons. The van der Waals surface area contributed by atoms with Crippen LogP contribution >= 0.6 is 11.3 Å². The predicted molar refractivity (Wildman–Crippen MR) is 70.3 cm³/mol. The maximum Gasteiger partial charge on any atom is 0.303 e. The van der Waals surface area contributed by atoms with Crippen molar-refractivity contribution in [1.82, 2.24) is 19.8 Å². The Balaban J connectivity index is 1.86. The molecule has 0 unspecified atom stereocenters.